The van der Waals surface area contributed by atoms with Crippen LogP contribution in [-0.4, -0.2) is 26.3 Å². The Labute approximate surface area is 108 Å². The normalized spacial score (nSPS) is 12.9. The molecule has 5 heteroatoms. The van der Waals surface area contributed by atoms with Crippen LogP contribution in [-0.2, 0) is 7.05 Å². The number of aryl methyl sites for hydroxylation is 1. The van der Waals surface area contributed by atoms with Gasteiger partial charge in [-0.2, -0.15) is 5.10 Å². The summed E-state index contributed by atoms with van der Waals surface area (Å²) >= 11 is 0. The van der Waals surface area contributed by atoms with Gasteiger partial charge in [-0.15, -0.1) is 0 Å². The molecule has 1 atom stereocenters. The van der Waals surface area contributed by atoms with E-state index in [0.29, 0.717) is 6.04 Å². The number of nitrogens with zero attached hydrogens (tertiary/aromatic N) is 3. The van der Waals surface area contributed by atoms with Crippen LogP contribution in [0.2, 0.25) is 0 Å². The molecule has 0 fully saturated rings. The molecule has 18 heavy (non-hydrogen) atoms. The van der Waals surface area contributed by atoms with Crippen LogP contribution in [0.5, 0.6) is 0 Å². The fourth-order valence-corrected chi connectivity index (χ4v) is 1.89. The zero-order valence-electron chi connectivity index (χ0n) is 11.5. The standard InChI is InChI=1S/C13H21N5/c1-5-6-14-9(2)12-8-15-13(17-12)11-7-16-18(4)10(11)3/h7-9,14H,5-6H2,1-4H3,(H,15,17). The lowest BCUT2D eigenvalue weighted by Crippen LogP contribution is -2.19. The van der Waals surface area contributed by atoms with Crippen LogP contribution in [0, 0.1) is 6.92 Å². The number of H-pyrrole nitrogens is 1. The molecule has 0 amide bonds. The van der Waals surface area contributed by atoms with Crippen LogP contribution in [0.25, 0.3) is 11.4 Å². The van der Waals surface area contributed by atoms with Crippen molar-refractivity contribution in [3.8, 4) is 11.4 Å². The third kappa shape index (κ3) is 2.46. The lowest BCUT2D eigenvalue weighted by atomic mass is 10.2. The van der Waals surface area contributed by atoms with E-state index in [4.69, 9.17) is 0 Å². The summed E-state index contributed by atoms with van der Waals surface area (Å²) < 4.78 is 1.86. The highest BCUT2D eigenvalue weighted by atomic mass is 15.3. The molecule has 5 nitrogen and oxygen atoms in total. The van der Waals surface area contributed by atoms with Gasteiger partial charge in [0.1, 0.15) is 5.82 Å². The second-order valence-electron chi connectivity index (χ2n) is 4.63. The maximum Gasteiger partial charge on any atom is 0.140 e. The first-order chi connectivity index (χ1) is 8.63. The molecule has 0 spiro atoms. The predicted octanol–water partition coefficient (Wildman–Crippen LogP) is 2.18. The van der Waals surface area contributed by atoms with E-state index >= 15 is 0 Å². The van der Waals surface area contributed by atoms with Crippen LogP contribution < -0.4 is 5.32 Å². The first-order valence-electron chi connectivity index (χ1n) is 6.40. The molecule has 0 aromatic carbocycles. The molecule has 2 N–H and O–H groups in total. The van der Waals surface area contributed by atoms with Crippen LogP contribution in [0.3, 0.4) is 0 Å². The van der Waals surface area contributed by atoms with Gasteiger partial charge in [0.25, 0.3) is 0 Å². The van der Waals surface area contributed by atoms with Crippen LogP contribution in [0.15, 0.2) is 12.4 Å². The molecule has 0 aliphatic carbocycles. The average molecular weight is 247 g/mol. The molecule has 2 heterocycles. The molecule has 0 bridgehead atoms. The summed E-state index contributed by atoms with van der Waals surface area (Å²) in [6.45, 7) is 7.37. The van der Waals surface area contributed by atoms with Crippen LogP contribution in [0.1, 0.15) is 37.7 Å². The minimum Gasteiger partial charge on any atom is -0.340 e. The van der Waals surface area contributed by atoms with Gasteiger partial charge >= 0.3 is 0 Å². The van der Waals surface area contributed by atoms with Gasteiger partial charge in [0, 0.05) is 18.8 Å². The van der Waals surface area contributed by atoms with Crippen molar-refractivity contribution in [2.75, 3.05) is 6.54 Å². The number of hydrogen-bond donors (Lipinski definition) is 2. The molecule has 98 valence electrons. The van der Waals surface area contributed by atoms with E-state index in [0.717, 1.165) is 35.7 Å². The van der Waals surface area contributed by atoms with Gasteiger partial charge < -0.3 is 10.3 Å². The molecule has 0 aliphatic heterocycles. The second kappa shape index (κ2) is 5.35. The summed E-state index contributed by atoms with van der Waals surface area (Å²) in [5, 5.41) is 7.68. The number of hydrogen-bond acceptors (Lipinski definition) is 3. The lowest BCUT2D eigenvalue weighted by molar-refractivity contribution is 0.561. The quantitative estimate of drug-likeness (QED) is 0.851. The van der Waals surface area contributed by atoms with Crippen molar-refractivity contribution in [3.05, 3.63) is 23.8 Å². The van der Waals surface area contributed by atoms with Gasteiger partial charge in [-0.1, -0.05) is 6.92 Å². The smallest absolute Gasteiger partial charge is 0.140 e. The van der Waals surface area contributed by atoms with Gasteiger partial charge in [-0.05, 0) is 26.8 Å². The van der Waals surface area contributed by atoms with Crippen molar-refractivity contribution in [3.63, 3.8) is 0 Å². The molecular weight excluding hydrogens is 226 g/mol. The number of aromatic nitrogens is 4. The maximum atomic E-state index is 4.44. The average Bonchev–Trinajstić information content (AvgIpc) is 2.95. The first-order valence-corrected chi connectivity index (χ1v) is 6.40. The predicted molar refractivity (Wildman–Crippen MR) is 72.2 cm³/mol. The van der Waals surface area contributed by atoms with Gasteiger partial charge in [0.05, 0.1) is 23.7 Å². The third-order valence-electron chi connectivity index (χ3n) is 3.25. The minimum atomic E-state index is 0.295. The Balaban J connectivity index is 2.17. The van der Waals surface area contributed by atoms with E-state index in [1.165, 1.54) is 0 Å². The SMILES string of the molecule is CCCNC(C)c1cnc(-c2cnn(C)c2C)[nH]1. The Morgan fingerprint density at radius 2 is 2.22 bits per heavy atom. The monoisotopic (exact) mass is 247 g/mol. The zero-order valence-corrected chi connectivity index (χ0v) is 11.5. The Morgan fingerprint density at radius 3 is 2.83 bits per heavy atom. The Hall–Kier alpha value is -1.62. The molecule has 1 unspecified atom stereocenters. The van der Waals surface area contributed by atoms with Crippen molar-refractivity contribution in [2.24, 2.45) is 7.05 Å². The highest BCUT2D eigenvalue weighted by Gasteiger charge is 2.12. The largest absolute Gasteiger partial charge is 0.340 e. The first kappa shape index (κ1) is 12.8. The van der Waals surface area contributed by atoms with E-state index in [1.54, 1.807) is 0 Å². The number of rotatable bonds is 5. The lowest BCUT2D eigenvalue weighted by Gasteiger charge is -2.10. The van der Waals surface area contributed by atoms with Crippen LogP contribution >= 0.6 is 0 Å². The minimum absolute atomic E-state index is 0.295. The summed E-state index contributed by atoms with van der Waals surface area (Å²) in [5.74, 6) is 0.890. The van der Waals surface area contributed by atoms with Gasteiger partial charge in [-0.25, -0.2) is 4.98 Å². The summed E-state index contributed by atoms with van der Waals surface area (Å²) in [7, 11) is 1.94. The summed E-state index contributed by atoms with van der Waals surface area (Å²) in [6, 6.07) is 0.295. The molecule has 0 aliphatic rings. The zero-order chi connectivity index (χ0) is 13.1. The number of aromatic amines is 1. The topological polar surface area (TPSA) is 58.5 Å². The maximum absolute atomic E-state index is 4.44. The highest BCUT2D eigenvalue weighted by molar-refractivity contribution is 5.57. The van der Waals surface area contributed by atoms with Crippen molar-refractivity contribution in [1.29, 1.82) is 0 Å². The van der Waals surface area contributed by atoms with Crippen molar-refractivity contribution < 1.29 is 0 Å². The molecule has 0 saturated heterocycles. The molecule has 2 aromatic heterocycles. The van der Waals surface area contributed by atoms with E-state index in [-0.39, 0.29) is 0 Å². The summed E-state index contributed by atoms with van der Waals surface area (Å²) in [6.07, 6.45) is 4.88. The van der Waals surface area contributed by atoms with E-state index < -0.39 is 0 Å². The van der Waals surface area contributed by atoms with Gasteiger partial charge in [0.15, 0.2) is 0 Å². The molecule has 0 saturated carbocycles. The van der Waals surface area contributed by atoms with Crippen molar-refractivity contribution in [2.45, 2.75) is 33.2 Å². The Morgan fingerprint density at radius 1 is 1.44 bits per heavy atom. The molecule has 2 aromatic rings. The second-order valence-corrected chi connectivity index (χ2v) is 4.63. The van der Waals surface area contributed by atoms with E-state index in [9.17, 15) is 0 Å². The fourth-order valence-electron chi connectivity index (χ4n) is 1.89. The fraction of sp³-hybridized carbons (Fsp3) is 0.538. The molecule has 2 rings (SSSR count). The number of imidazole rings is 1. The summed E-state index contributed by atoms with van der Waals surface area (Å²) in [5.41, 5.74) is 3.29. The highest BCUT2D eigenvalue weighted by Crippen LogP contribution is 2.21. The third-order valence-corrected chi connectivity index (χ3v) is 3.25. The van der Waals surface area contributed by atoms with Gasteiger partial charge in [-0.3, -0.25) is 4.68 Å². The van der Waals surface area contributed by atoms with E-state index in [2.05, 4.69) is 34.2 Å². The molecule has 0 radical (unpaired) electrons. The summed E-state index contributed by atoms with van der Waals surface area (Å²) in [4.78, 5) is 7.81. The Kier molecular flexibility index (Phi) is 3.81. The Bertz CT molecular complexity index is 511. The number of nitrogens with one attached hydrogen (secondary N) is 2. The van der Waals surface area contributed by atoms with Crippen molar-refractivity contribution in [1.82, 2.24) is 25.1 Å². The van der Waals surface area contributed by atoms with Crippen LogP contribution in [0.4, 0.5) is 0 Å². The van der Waals surface area contributed by atoms with Gasteiger partial charge in [0.2, 0.25) is 0 Å². The van der Waals surface area contributed by atoms with Crippen molar-refractivity contribution >= 4 is 0 Å². The molecular formula is C13H21N5. The van der Waals surface area contributed by atoms with E-state index in [1.807, 2.05) is 31.0 Å².